The zero-order valence-corrected chi connectivity index (χ0v) is 35.9. The number of hydrogen-bond acceptors (Lipinski definition) is 9. The SMILES string of the molecule is CCCC/C=C/CCCCCCCCCCCC(=O)O[C@H](COC(=O)CCCCCCCCCCCCCCCCCC)COP(=O)(O)OC[C@H](N)C(=O)O. The van der Waals surface area contributed by atoms with Crippen LogP contribution in [-0.2, 0) is 37.5 Å². The van der Waals surface area contributed by atoms with Crippen LogP contribution in [0.2, 0.25) is 0 Å². The number of unbranched alkanes of at least 4 members (excludes halogenated alkanes) is 26. The molecule has 0 fully saturated rings. The van der Waals surface area contributed by atoms with Gasteiger partial charge in [0.15, 0.2) is 6.10 Å². The van der Waals surface area contributed by atoms with Gasteiger partial charge in [0, 0.05) is 12.8 Å². The number of nitrogens with two attached hydrogens (primary N) is 1. The Balaban J connectivity index is 4.31. The summed E-state index contributed by atoms with van der Waals surface area (Å²) in [5.74, 6) is -2.37. The predicted octanol–water partition coefficient (Wildman–Crippen LogP) is 11.7. The van der Waals surface area contributed by atoms with Crippen molar-refractivity contribution in [2.24, 2.45) is 5.73 Å². The maximum Gasteiger partial charge on any atom is 0.472 e. The molecule has 0 radical (unpaired) electrons. The summed E-state index contributed by atoms with van der Waals surface area (Å²) in [6, 6.07) is -1.52. The number of hydrogen-bond donors (Lipinski definition) is 3. The standard InChI is InChI=1S/C43H82NO10P/c1-3-5-7-9-11-13-15-17-19-21-22-24-26-28-30-32-34-41(45)51-36-39(37-52-55(49,50)53-38-40(44)43(47)48)54-42(46)35-33-31-29-27-25-23-20-18-16-14-12-10-8-6-4-2/h10,12,39-40H,3-9,11,13-38,44H2,1-2H3,(H,47,48)(H,49,50)/b12-10+/t39-,40+/m1/s1. The van der Waals surface area contributed by atoms with Crippen molar-refractivity contribution < 1.29 is 47.5 Å². The zero-order chi connectivity index (χ0) is 40.7. The molecule has 55 heavy (non-hydrogen) atoms. The molecule has 0 aliphatic heterocycles. The van der Waals surface area contributed by atoms with Gasteiger partial charge in [0.2, 0.25) is 0 Å². The van der Waals surface area contributed by atoms with Gasteiger partial charge in [-0.15, -0.1) is 0 Å². The second kappa shape index (κ2) is 39.1. The van der Waals surface area contributed by atoms with Crippen LogP contribution >= 0.6 is 7.82 Å². The number of carboxylic acids is 1. The van der Waals surface area contributed by atoms with Crippen LogP contribution in [0.1, 0.15) is 213 Å². The normalized spacial score (nSPS) is 13.8. The lowest BCUT2D eigenvalue weighted by atomic mass is 10.0. The summed E-state index contributed by atoms with van der Waals surface area (Å²) in [7, 11) is -4.71. The smallest absolute Gasteiger partial charge is 0.472 e. The Hall–Kier alpha value is -1.78. The van der Waals surface area contributed by atoms with Gasteiger partial charge >= 0.3 is 25.7 Å². The Morgan fingerprint density at radius 1 is 0.545 bits per heavy atom. The number of carbonyl (C=O) groups excluding carboxylic acids is 2. The van der Waals surface area contributed by atoms with Crippen molar-refractivity contribution in [2.45, 2.75) is 225 Å². The number of allylic oxidation sites excluding steroid dienone is 2. The molecule has 0 saturated carbocycles. The van der Waals surface area contributed by atoms with E-state index >= 15 is 0 Å². The molecule has 1 unspecified atom stereocenters. The molecule has 11 nitrogen and oxygen atoms in total. The van der Waals surface area contributed by atoms with Crippen molar-refractivity contribution in [3.63, 3.8) is 0 Å². The monoisotopic (exact) mass is 804 g/mol. The Labute approximate surface area is 335 Å². The number of rotatable bonds is 42. The second-order valence-electron chi connectivity index (χ2n) is 15.2. The molecular weight excluding hydrogens is 721 g/mol. The summed E-state index contributed by atoms with van der Waals surface area (Å²) in [5, 5.41) is 8.89. The average molecular weight is 804 g/mol. The van der Waals surface area contributed by atoms with Crippen LogP contribution in [0.25, 0.3) is 0 Å². The van der Waals surface area contributed by atoms with E-state index in [2.05, 4.69) is 30.5 Å². The first-order chi connectivity index (χ1) is 26.6. The van der Waals surface area contributed by atoms with Gasteiger partial charge in [-0.1, -0.05) is 180 Å². The Kier molecular flexibility index (Phi) is 37.8. The minimum absolute atomic E-state index is 0.163. The third-order valence-electron chi connectivity index (χ3n) is 9.76. The zero-order valence-electron chi connectivity index (χ0n) is 35.0. The van der Waals surface area contributed by atoms with Crippen molar-refractivity contribution in [1.29, 1.82) is 0 Å². The number of ether oxygens (including phenoxy) is 2. The van der Waals surface area contributed by atoms with Crippen molar-refractivity contribution in [1.82, 2.24) is 0 Å². The maximum atomic E-state index is 12.6. The highest BCUT2D eigenvalue weighted by atomic mass is 31.2. The van der Waals surface area contributed by atoms with E-state index in [1.165, 1.54) is 135 Å². The van der Waals surface area contributed by atoms with Crippen LogP contribution in [0.15, 0.2) is 12.2 Å². The lowest BCUT2D eigenvalue weighted by molar-refractivity contribution is -0.161. The van der Waals surface area contributed by atoms with Crippen LogP contribution in [0, 0.1) is 0 Å². The molecule has 0 aromatic rings. The quantitative estimate of drug-likeness (QED) is 0.0232. The third kappa shape index (κ3) is 38.9. The van der Waals surface area contributed by atoms with Gasteiger partial charge in [0.25, 0.3) is 0 Å². The highest BCUT2D eigenvalue weighted by Gasteiger charge is 2.28. The molecule has 0 aromatic carbocycles. The molecule has 12 heteroatoms. The fourth-order valence-corrected chi connectivity index (χ4v) is 7.00. The van der Waals surface area contributed by atoms with Crippen molar-refractivity contribution in [3.05, 3.63) is 12.2 Å². The van der Waals surface area contributed by atoms with Gasteiger partial charge in [-0.2, -0.15) is 0 Å². The first-order valence-electron chi connectivity index (χ1n) is 22.2. The molecule has 0 aliphatic rings. The van der Waals surface area contributed by atoms with Gasteiger partial charge in [0.1, 0.15) is 12.6 Å². The maximum absolute atomic E-state index is 12.6. The van der Waals surface area contributed by atoms with Crippen molar-refractivity contribution in [2.75, 3.05) is 19.8 Å². The van der Waals surface area contributed by atoms with Gasteiger partial charge < -0.3 is 25.2 Å². The average Bonchev–Trinajstić information content (AvgIpc) is 3.16. The van der Waals surface area contributed by atoms with E-state index in [1.54, 1.807) is 0 Å². The van der Waals surface area contributed by atoms with E-state index in [0.717, 1.165) is 38.5 Å². The first kappa shape index (κ1) is 53.2. The van der Waals surface area contributed by atoms with E-state index in [9.17, 15) is 23.8 Å². The molecule has 0 saturated heterocycles. The summed E-state index contributed by atoms with van der Waals surface area (Å²) in [5.41, 5.74) is 5.33. The van der Waals surface area contributed by atoms with Crippen LogP contribution in [-0.4, -0.2) is 59.9 Å². The molecule has 3 atom stereocenters. The molecule has 0 rings (SSSR count). The molecule has 0 amide bonds. The molecule has 324 valence electrons. The first-order valence-corrected chi connectivity index (χ1v) is 23.7. The molecule has 4 N–H and O–H groups in total. The Morgan fingerprint density at radius 2 is 0.927 bits per heavy atom. The molecule has 0 bridgehead atoms. The molecule has 0 aliphatic carbocycles. The largest absolute Gasteiger partial charge is 0.480 e. The highest BCUT2D eigenvalue weighted by Crippen LogP contribution is 2.43. The fraction of sp³-hybridized carbons (Fsp3) is 0.884. The van der Waals surface area contributed by atoms with E-state index in [1.807, 2.05) is 0 Å². The molecule has 0 heterocycles. The number of aliphatic carboxylic acids is 1. The number of carbonyl (C=O) groups is 3. The summed E-state index contributed by atoms with van der Waals surface area (Å²) in [6.45, 7) is 2.80. The lowest BCUT2D eigenvalue weighted by Gasteiger charge is -2.20. The topological polar surface area (TPSA) is 172 Å². The molecule has 0 spiro atoms. The van der Waals surface area contributed by atoms with Gasteiger partial charge in [0.05, 0.1) is 13.2 Å². The second-order valence-corrected chi connectivity index (χ2v) is 16.6. The summed E-state index contributed by atoms with van der Waals surface area (Å²) < 4.78 is 32.7. The molecular formula is C43H82NO10P. The van der Waals surface area contributed by atoms with Gasteiger partial charge in [-0.3, -0.25) is 23.4 Å². The minimum atomic E-state index is -4.71. The van der Waals surface area contributed by atoms with E-state index in [0.29, 0.717) is 12.8 Å². The van der Waals surface area contributed by atoms with Crippen LogP contribution in [0.3, 0.4) is 0 Å². The summed E-state index contributed by atoms with van der Waals surface area (Å²) >= 11 is 0. The van der Waals surface area contributed by atoms with Crippen molar-refractivity contribution >= 4 is 25.7 Å². The number of phosphoric ester groups is 1. The number of carboxylic acid groups (broad SMARTS) is 1. The number of phosphoric acid groups is 1. The van der Waals surface area contributed by atoms with E-state index in [-0.39, 0.29) is 19.4 Å². The van der Waals surface area contributed by atoms with E-state index in [4.69, 9.17) is 24.8 Å². The third-order valence-corrected chi connectivity index (χ3v) is 10.7. The van der Waals surface area contributed by atoms with Gasteiger partial charge in [-0.25, -0.2) is 4.57 Å². The van der Waals surface area contributed by atoms with Crippen molar-refractivity contribution in [3.8, 4) is 0 Å². The van der Waals surface area contributed by atoms with Crippen LogP contribution in [0.5, 0.6) is 0 Å². The summed E-state index contributed by atoms with van der Waals surface area (Å²) in [6.07, 6.45) is 38.4. The van der Waals surface area contributed by atoms with Crippen LogP contribution < -0.4 is 5.73 Å². The summed E-state index contributed by atoms with van der Waals surface area (Å²) in [4.78, 5) is 45.9. The van der Waals surface area contributed by atoms with Crippen LogP contribution in [0.4, 0.5) is 0 Å². The predicted molar refractivity (Wildman–Crippen MR) is 222 cm³/mol. The minimum Gasteiger partial charge on any atom is -0.480 e. The van der Waals surface area contributed by atoms with Gasteiger partial charge in [-0.05, 0) is 32.1 Å². The number of esters is 2. The van der Waals surface area contributed by atoms with E-state index < -0.39 is 51.1 Å². The highest BCUT2D eigenvalue weighted by molar-refractivity contribution is 7.47. The fourth-order valence-electron chi connectivity index (χ4n) is 6.22. The Bertz CT molecular complexity index is 995. The Morgan fingerprint density at radius 3 is 1.38 bits per heavy atom. The lowest BCUT2D eigenvalue weighted by Crippen LogP contribution is -2.34. The molecule has 0 aromatic heterocycles.